The lowest BCUT2D eigenvalue weighted by Crippen LogP contribution is -2.44. The van der Waals surface area contributed by atoms with Gasteiger partial charge in [-0.3, -0.25) is 14.2 Å². The molecule has 1 aliphatic carbocycles. The topological polar surface area (TPSA) is 64.4 Å². The third kappa shape index (κ3) is 3.62. The van der Waals surface area contributed by atoms with Gasteiger partial charge in [0.15, 0.2) is 5.16 Å². The summed E-state index contributed by atoms with van der Waals surface area (Å²) in [5.41, 5.74) is 1.26. The van der Waals surface area contributed by atoms with Crippen LogP contribution in [0, 0.1) is 5.92 Å². The van der Waals surface area contributed by atoms with Crippen molar-refractivity contribution in [2.75, 3.05) is 26.3 Å². The van der Waals surface area contributed by atoms with E-state index >= 15 is 0 Å². The third-order valence-electron chi connectivity index (χ3n) is 5.65. The Kier molecular flexibility index (Phi) is 5.81. The summed E-state index contributed by atoms with van der Waals surface area (Å²) in [5, 5.41) is 1.18. The van der Waals surface area contributed by atoms with Gasteiger partial charge in [0.25, 0.3) is 5.56 Å². The fraction of sp³-hybridized carbons (Fsp3) is 0.650. The normalized spacial score (nSPS) is 21.0. The molecule has 8 heteroatoms. The van der Waals surface area contributed by atoms with Crippen molar-refractivity contribution < 1.29 is 9.53 Å². The molecule has 0 radical (unpaired) electrons. The highest BCUT2D eigenvalue weighted by molar-refractivity contribution is 8.00. The van der Waals surface area contributed by atoms with Crippen LogP contribution in [0.2, 0.25) is 0 Å². The lowest BCUT2D eigenvalue weighted by molar-refractivity contribution is -0.134. The van der Waals surface area contributed by atoms with E-state index in [-0.39, 0.29) is 16.7 Å². The van der Waals surface area contributed by atoms with Crippen molar-refractivity contribution in [2.45, 2.75) is 57.0 Å². The molecule has 1 fully saturated rings. The number of thioether (sulfide) groups is 1. The van der Waals surface area contributed by atoms with E-state index in [4.69, 9.17) is 9.72 Å². The SMILES string of the molecule is CCn1c(SC(C)C(=O)N2CCOCC2)nc2sc3c(c2c1=O)CCC(C)C3. The summed E-state index contributed by atoms with van der Waals surface area (Å²) < 4.78 is 7.08. The predicted octanol–water partition coefficient (Wildman–Crippen LogP) is 2.94. The van der Waals surface area contributed by atoms with Gasteiger partial charge in [0.1, 0.15) is 4.83 Å². The molecule has 4 rings (SSSR count). The number of carbonyl (C=O) groups excluding carboxylic acids is 1. The number of hydrogen-bond acceptors (Lipinski definition) is 6. The highest BCUT2D eigenvalue weighted by Crippen LogP contribution is 2.37. The Morgan fingerprint density at radius 3 is 2.86 bits per heavy atom. The Morgan fingerprint density at radius 2 is 2.14 bits per heavy atom. The second-order valence-electron chi connectivity index (χ2n) is 7.67. The first-order valence-corrected chi connectivity index (χ1v) is 11.8. The zero-order valence-electron chi connectivity index (χ0n) is 16.7. The van der Waals surface area contributed by atoms with Gasteiger partial charge in [0, 0.05) is 24.5 Å². The second-order valence-corrected chi connectivity index (χ2v) is 10.1. The summed E-state index contributed by atoms with van der Waals surface area (Å²) in [6, 6.07) is 0. The lowest BCUT2D eigenvalue weighted by Gasteiger charge is -2.29. The van der Waals surface area contributed by atoms with Crippen LogP contribution in [0.1, 0.15) is 37.6 Å². The van der Waals surface area contributed by atoms with Crippen LogP contribution in [0.3, 0.4) is 0 Å². The molecule has 2 aromatic heterocycles. The maximum atomic E-state index is 13.3. The minimum Gasteiger partial charge on any atom is -0.378 e. The molecule has 0 N–H and O–H groups in total. The molecule has 28 heavy (non-hydrogen) atoms. The van der Waals surface area contributed by atoms with Gasteiger partial charge in [-0.2, -0.15) is 0 Å². The van der Waals surface area contributed by atoms with E-state index < -0.39 is 0 Å². The Hall–Kier alpha value is -1.38. The number of thiophene rings is 1. The van der Waals surface area contributed by atoms with Crippen molar-refractivity contribution in [3.8, 4) is 0 Å². The summed E-state index contributed by atoms with van der Waals surface area (Å²) in [7, 11) is 0. The molecule has 152 valence electrons. The summed E-state index contributed by atoms with van der Waals surface area (Å²) in [5.74, 6) is 0.749. The number of aromatic nitrogens is 2. The number of carbonyl (C=O) groups is 1. The summed E-state index contributed by atoms with van der Waals surface area (Å²) in [4.78, 5) is 34.9. The van der Waals surface area contributed by atoms with Crippen molar-refractivity contribution in [1.82, 2.24) is 14.5 Å². The maximum Gasteiger partial charge on any atom is 0.263 e. The van der Waals surface area contributed by atoms with E-state index in [1.165, 1.54) is 22.2 Å². The number of rotatable bonds is 4. The quantitative estimate of drug-likeness (QED) is 0.561. The zero-order chi connectivity index (χ0) is 19.8. The van der Waals surface area contributed by atoms with Crippen molar-refractivity contribution in [3.05, 3.63) is 20.8 Å². The van der Waals surface area contributed by atoms with E-state index in [9.17, 15) is 9.59 Å². The number of morpholine rings is 1. The molecule has 3 heterocycles. The predicted molar refractivity (Wildman–Crippen MR) is 113 cm³/mol. The van der Waals surface area contributed by atoms with Crippen molar-refractivity contribution in [2.24, 2.45) is 5.92 Å². The van der Waals surface area contributed by atoms with Crippen molar-refractivity contribution >= 4 is 39.2 Å². The number of hydrogen-bond donors (Lipinski definition) is 0. The molecule has 2 unspecified atom stereocenters. The number of amides is 1. The first-order valence-electron chi connectivity index (χ1n) is 10.1. The van der Waals surface area contributed by atoms with Gasteiger partial charge in [0.05, 0.1) is 23.8 Å². The number of ether oxygens (including phenoxy) is 1. The number of nitrogens with zero attached hydrogens (tertiary/aromatic N) is 3. The van der Waals surface area contributed by atoms with Gasteiger partial charge in [-0.15, -0.1) is 11.3 Å². The van der Waals surface area contributed by atoms with Gasteiger partial charge >= 0.3 is 0 Å². The Balaban J connectivity index is 1.67. The van der Waals surface area contributed by atoms with Crippen LogP contribution in [0.15, 0.2) is 9.95 Å². The van der Waals surface area contributed by atoms with E-state index in [1.807, 2.05) is 18.7 Å². The van der Waals surface area contributed by atoms with E-state index in [0.717, 1.165) is 29.5 Å². The van der Waals surface area contributed by atoms with Crippen LogP contribution in [-0.4, -0.2) is 51.9 Å². The molecule has 0 spiro atoms. The molecule has 2 aromatic rings. The van der Waals surface area contributed by atoms with Crippen LogP contribution in [0.5, 0.6) is 0 Å². The van der Waals surface area contributed by atoms with Crippen LogP contribution >= 0.6 is 23.1 Å². The van der Waals surface area contributed by atoms with Gasteiger partial charge in [0.2, 0.25) is 5.91 Å². The molecule has 2 aliphatic rings. The number of aryl methyl sites for hydroxylation is 1. The number of fused-ring (bicyclic) bond motifs is 3. The van der Waals surface area contributed by atoms with Crippen molar-refractivity contribution in [3.63, 3.8) is 0 Å². The Labute approximate surface area is 173 Å². The van der Waals surface area contributed by atoms with E-state index in [2.05, 4.69) is 6.92 Å². The molecule has 0 bridgehead atoms. The molecule has 2 atom stereocenters. The van der Waals surface area contributed by atoms with Crippen LogP contribution in [0.25, 0.3) is 10.2 Å². The van der Waals surface area contributed by atoms with Crippen LogP contribution in [-0.2, 0) is 28.9 Å². The summed E-state index contributed by atoms with van der Waals surface area (Å²) in [6.07, 6.45) is 3.14. The minimum absolute atomic E-state index is 0.0491. The van der Waals surface area contributed by atoms with Gasteiger partial charge in [-0.05, 0) is 44.6 Å². The smallest absolute Gasteiger partial charge is 0.263 e. The molecule has 6 nitrogen and oxygen atoms in total. The molecule has 1 saturated heterocycles. The summed E-state index contributed by atoms with van der Waals surface area (Å²) in [6.45, 7) is 9.14. The second kappa shape index (κ2) is 8.16. The molecule has 0 aromatic carbocycles. The third-order valence-corrected chi connectivity index (χ3v) is 7.88. The van der Waals surface area contributed by atoms with E-state index in [1.54, 1.807) is 15.9 Å². The molecule has 0 saturated carbocycles. The average molecular weight is 422 g/mol. The van der Waals surface area contributed by atoms with E-state index in [0.29, 0.717) is 43.9 Å². The molecule has 1 amide bonds. The highest BCUT2D eigenvalue weighted by atomic mass is 32.2. The van der Waals surface area contributed by atoms with Crippen LogP contribution in [0.4, 0.5) is 0 Å². The lowest BCUT2D eigenvalue weighted by atomic mass is 9.89. The maximum absolute atomic E-state index is 13.3. The monoisotopic (exact) mass is 421 g/mol. The van der Waals surface area contributed by atoms with Gasteiger partial charge in [-0.25, -0.2) is 4.98 Å². The standard InChI is InChI=1S/C20H27N3O3S2/c1-4-23-19(25)16-14-6-5-12(2)11-15(14)28-17(16)21-20(23)27-13(3)18(24)22-7-9-26-10-8-22/h12-13H,4-11H2,1-3H3. The Bertz CT molecular complexity index is 946. The van der Waals surface area contributed by atoms with Gasteiger partial charge in [-0.1, -0.05) is 18.7 Å². The van der Waals surface area contributed by atoms with Crippen LogP contribution < -0.4 is 5.56 Å². The molecular formula is C20H27N3O3S2. The first-order chi connectivity index (χ1) is 13.5. The Morgan fingerprint density at radius 1 is 1.39 bits per heavy atom. The minimum atomic E-state index is -0.283. The fourth-order valence-electron chi connectivity index (χ4n) is 4.02. The highest BCUT2D eigenvalue weighted by Gasteiger charge is 2.27. The van der Waals surface area contributed by atoms with Crippen molar-refractivity contribution in [1.29, 1.82) is 0 Å². The average Bonchev–Trinajstić information content (AvgIpc) is 3.05. The zero-order valence-corrected chi connectivity index (χ0v) is 18.3. The molecule has 1 aliphatic heterocycles. The molecular weight excluding hydrogens is 394 g/mol. The van der Waals surface area contributed by atoms with Gasteiger partial charge < -0.3 is 9.64 Å². The first kappa shape index (κ1) is 19.9. The summed E-state index contributed by atoms with van der Waals surface area (Å²) >= 11 is 3.06. The largest absolute Gasteiger partial charge is 0.378 e. The fourth-order valence-corrected chi connectivity index (χ4v) is 6.50.